The van der Waals surface area contributed by atoms with Crippen LogP contribution in [-0.2, 0) is 11.3 Å². The summed E-state index contributed by atoms with van der Waals surface area (Å²) in [6.07, 6.45) is 0. The molecule has 1 nitrogen and oxygen atoms in total. The first-order chi connectivity index (χ1) is 7.83. The lowest BCUT2D eigenvalue weighted by molar-refractivity contribution is 0.100. The standard InChI is InChI=1S/C13H19BrClOSi/c1-13(2,17(3)4)9-16-8-10-7-11(15)5-6-12(10)14/h5-7H,8-9H2,1-4H3. The predicted octanol–water partition coefficient (Wildman–Crippen LogP) is 5.15. The molecule has 0 saturated carbocycles. The first-order valence-electron chi connectivity index (χ1n) is 5.65. The Balaban J connectivity index is 2.54. The molecule has 0 fully saturated rings. The third kappa shape index (κ3) is 4.74. The largest absolute Gasteiger partial charge is 0.376 e. The molecule has 1 rings (SSSR count). The first kappa shape index (κ1) is 15.2. The maximum absolute atomic E-state index is 5.96. The number of rotatable bonds is 5. The van der Waals surface area contributed by atoms with E-state index in [4.69, 9.17) is 16.3 Å². The van der Waals surface area contributed by atoms with Crippen LogP contribution in [0.3, 0.4) is 0 Å². The fourth-order valence-corrected chi connectivity index (χ4v) is 2.16. The summed E-state index contributed by atoms with van der Waals surface area (Å²) in [4.78, 5) is 0. The van der Waals surface area contributed by atoms with Crippen LogP contribution in [0.15, 0.2) is 22.7 Å². The second-order valence-corrected chi connectivity index (χ2v) is 9.76. The highest BCUT2D eigenvalue weighted by atomic mass is 79.9. The highest BCUT2D eigenvalue weighted by Crippen LogP contribution is 2.29. The van der Waals surface area contributed by atoms with E-state index in [-0.39, 0.29) is 8.80 Å². The topological polar surface area (TPSA) is 9.23 Å². The van der Waals surface area contributed by atoms with E-state index in [1.54, 1.807) is 0 Å². The molecule has 0 aliphatic heterocycles. The Morgan fingerprint density at radius 3 is 2.59 bits per heavy atom. The lowest BCUT2D eigenvalue weighted by Crippen LogP contribution is -2.26. The predicted molar refractivity (Wildman–Crippen MR) is 80.3 cm³/mol. The van der Waals surface area contributed by atoms with Crippen LogP contribution < -0.4 is 0 Å². The molecule has 4 heteroatoms. The van der Waals surface area contributed by atoms with Crippen LogP contribution in [-0.4, -0.2) is 15.4 Å². The van der Waals surface area contributed by atoms with Crippen molar-refractivity contribution in [1.29, 1.82) is 0 Å². The third-order valence-corrected chi connectivity index (χ3v) is 6.94. The summed E-state index contributed by atoms with van der Waals surface area (Å²) < 4.78 is 6.87. The zero-order valence-electron chi connectivity index (χ0n) is 10.8. The van der Waals surface area contributed by atoms with Gasteiger partial charge in [-0.1, -0.05) is 54.5 Å². The van der Waals surface area contributed by atoms with Crippen molar-refractivity contribution in [2.75, 3.05) is 6.61 Å². The Kier molecular flexibility index (Phi) is 5.70. The summed E-state index contributed by atoms with van der Waals surface area (Å²) in [7, 11) is -0.345. The molecule has 0 aromatic heterocycles. The zero-order valence-corrected chi connectivity index (χ0v) is 14.2. The summed E-state index contributed by atoms with van der Waals surface area (Å²) >= 11 is 9.47. The highest BCUT2D eigenvalue weighted by molar-refractivity contribution is 9.10. The van der Waals surface area contributed by atoms with Gasteiger partial charge in [0.25, 0.3) is 0 Å². The van der Waals surface area contributed by atoms with Crippen molar-refractivity contribution in [2.24, 2.45) is 0 Å². The highest BCUT2D eigenvalue weighted by Gasteiger charge is 2.23. The molecule has 1 aromatic carbocycles. The molecule has 0 aliphatic rings. The van der Waals surface area contributed by atoms with Gasteiger partial charge in [0.1, 0.15) is 0 Å². The smallest absolute Gasteiger partial charge is 0.0728 e. The average Bonchev–Trinajstić information content (AvgIpc) is 2.22. The molecule has 1 aromatic rings. The number of ether oxygens (including phenoxy) is 1. The summed E-state index contributed by atoms with van der Waals surface area (Å²) in [5, 5.41) is 1.05. The summed E-state index contributed by atoms with van der Waals surface area (Å²) in [5.41, 5.74) is 1.11. The van der Waals surface area contributed by atoms with Gasteiger partial charge in [-0.05, 0) is 28.8 Å². The van der Waals surface area contributed by atoms with Crippen LogP contribution in [0.25, 0.3) is 0 Å². The fraction of sp³-hybridized carbons (Fsp3) is 0.538. The van der Waals surface area contributed by atoms with Gasteiger partial charge in [0.2, 0.25) is 0 Å². The van der Waals surface area contributed by atoms with E-state index in [2.05, 4.69) is 42.9 Å². The van der Waals surface area contributed by atoms with E-state index in [1.807, 2.05) is 18.2 Å². The summed E-state index contributed by atoms with van der Waals surface area (Å²) in [6, 6.07) is 5.78. The first-order valence-corrected chi connectivity index (χ1v) is 9.32. The van der Waals surface area contributed by atoms with Gasteiger partial charge >= 0.3 is 0 Å². The Morgan fingerprint density at radius 2 is 2.00 bits per heavy atom. The Bertz CT molecular complexity index is 380. The number of benzene rings is 1. The lowest BCUT2D eigenvalue weighted by Gasteiger charge is -2.27. The van der Waals surface area contributed by atoms with Gasteiger partial charge in [-0.25, -0.2) is 0 Å². The van der Waals surface area contributed by atoms with Crippen LogP contribution in [0.5, 0.6) is 0 Å². The van der Waals surface area contributed by atoms with E-state index in [9.17, 15) is 0 Å². The molecule has 0 amide bonds. The zero-order chi connectivity index (χ0) is 13.1. The van der Waals surface area contributed by atoms with E-state index in [0.717, 1.165) is 21.7 Å². The number of halogens is 2. The molecule has 0 aliphatic carbocycles. The maximum atomic E-state index is 5.96. The summed E-state index contributed by atoms with van der Waals surface area (Å²) in [5.74, 6) is 0. The molecule has 1 radical (unpaired) electrons. The van der Waals surface area contributed by atoms with Crippen LogP contribution in [0.1, 0.15) is 19.4 Å². The van der Waals surface area contributed by atoms with E-state index in [1.165, 1.54) is 0 Å². The van der Waals surface area contributed by atoms with Crippen LogP contribution in [0, 0.1) is 0 Å². The summed E-state index contributed by atoms with van der Waals surface area (Å²) in [6.45, 7) is 10.6. The SMILES string of the molecule is C[Si](C)C(C)(C)COCc1cc(Cl)ccc1Br. The van der Waals surface area contributed by atoms with Gasteiger partial charge in [-0.2, -0.15) is 0 Å². The lowest BCUT2D eigenvalue weighted by atomic mass is 10.2. The van der Waals surface area contributed by atoms with Crippen molar-refractivity contribution in [3.05, 3.63) is 33.3 Å². The molecule has 17 heavy (non-hydrogen) atoms. The van der Waals surface area contributed by atoms with Gasteiger partial charge < -0.3 is 4.74 Å². The van der Waals surface area contributed by atoms with E-state index in [0.29, 0.717) is 11.6 Å². The van der Waals surface area contributed by atoms with Gasteiger partial charge in [-0.15, -0.1) is 0 Å². The third-order valence-electron chi connectivity index (χ3n) is 3.08. The van der Waals surface area contributed by atoms with Crippen LogP contribution >= 0.6 is 27.5 Å². The minimum Gasteiger partial charge on any atom is -0.376 e. The normalized spacial score (nSPS) is 12.2. The molecule has 0 N–H and O–H groups in total. The van der Waals surface area contributed by atoms with E-state index < -0.39 is 0 Å². The number of hydrogen-bond acceptors (Lipinski definition) is 1. The molecular weight excluding hydrogens is 316 g/mol. The number of hydrogen-bond donors (Lipinski definition) is 0. The molecular formula is C13H19BrClOSi. The maximum Gasteiger partial charge on any atom is 0.0728 e. The molecule has 0 atom stereocenters. The minimum absolute atomic E-state index is 0.301. The Labute approximate surface area is 119 Å². The van der Waals surface area contributed by atoms with Crippen molar-refractivity contribution in [1.82, 2.24) is 0 Å². The molecule has 0 saturated heterocycles. The van der Waals surface area contributed by atoms with Gasteiger partial charge in [0.15, 0.2) is 0 Å². The molecule has 0 heterocycles. The van der Waals surface area contributed by atoms with Crippen molar-refractivity contribution in [2.45, 2.75) is 38.6 Å². The van der Waals surface area contributed by atoms with Gasteiger partial charge in [0.05, 0.1) is 15.4 Å². The second-order valence-electron chi connectivity index (χ2n) is 5.11. The quantitative estimate of drug-likeness (QED) is 0.676. The van der Waals surface area contributed by atoms with Crippen LogP contribution in [0.2, 0.25) is 23.2 Å². The molecule has 0 spiro atoms. The minimum atomic E-state index is -0.345. The van der Waals surface area contributed by atoms with E-state index >= 15 is 0 Å². The Morgan fingerprint density at radius 1 is 1.35 bits per heavy atom. The average molecular weight is 335 g/mol. The van der Waals surface area contributed by atoms with Crippen molar-refractivity contribution in [3.8, 4) is 0 Å². The van der Waals surface area contributed by atoms with Crippen molar-refractivity contribution >= 4 is 36.3 Å². The Hall–Kier alpha value is 0.167. The van der Waals surface area contributed by atoms with Crippen LogP contribution in [0.4, 0.5) is 0 Å². The second kappa shape index (κ2) is 6.37. The van der Waals surface area contributed by atoms with Crippen molar-refractivity contribution < 1.29 is 4.74 Å². The van der Waals surface area contributed by atoms with Gasteiger partial charge in [-0.3, -0.25) is 0 Å². The fourth-order valence-electron chi connectivity index (χ4n) is 1.21. The molecule has 95 valence electrons. The molecule has 0 bridgehead atoms. The van der Waals surface area contributed by atoms with Crippen molar-refractivity contribution in [3.63, 3.8) is 0 Å². The van der Waals surface area contributed by atoms with Gasteiger partial charge in [0, 0.05) is 16.1 Å². The monoisotopic (exact) mass is 333 g/mol. The molecule has 0 unspecified atom stereocenters.